The number of hydrogen-bond donors (Lipinski definition) is 1. The Kier molecular flexibility index (Phi) is 4.87. The predicted octanol–water partition coefficient (Wildman–Crippen LogP) is 2.05. The molecule has 0 aromatic carbocycles. The Balaban J connectivity index is 1.78. The molecule has 18 heavy (non-hydrogen) atoms. The highest BCUT2D eigenvalue weighted by atomic mass is 16.2. The lowest BCUT2D eigenvalue weighted by atomic mass is 10.2. The second kappa shape index (κ2) is 6.41. The van der Waals surface area contributed by atoms with Crippen molar-refractivity contribution in [2.24, 2.45) is 0 Å². The number of rotatable bonds is 4. The molecule has 1 saturated heterocycles. The second-order valence-corrected chi connectivity index (χ2v) is 5.54. The van der Waals surface area contributed by atoms with E-state index in [9.17, 15) is 4.79 Å². The first-order valence-electron chi connectivity index (χ1n) is 7.54. The molecule has 0 radical (unpaired) electrons. The molecule has 2 amide bonds. The maximum Gasteiger partial charge on any atom is 0.317 e. The molecule has 0 bridgehead atoms. The van der Waals surface area contributed by atoms with Crippen LogP contribution in [-0.4, -0.2) is 54.1 Å². The van der Waals surface area contributed by atoms with Gasteiger partial charge in [0.2, 0.25) is 0 Å². The summed E-state index contributed by atoms with van der Waals surface area (Å²) in [4.78, 5) is 16.6. The predicted molar refractivity (Wildman–Crippen MR) is 73.7 cm³/mol. The molecule has 1 N–H and O–H groups in total. The highest BCUT2D eigenvalue weighted by Crippen LogP contribution is 2.19. The number of urea groups is 1. The summed E-state index contributed by atoms with van der Waals surface area (Å²) in [6.45, 7) is 8.38. The van der Waals surface area contributed by atoms with E-state index < -0.39 is 0 Å². The summed E-state index contributed by atoms with van der Waals surface area (Å²) < 4.78 is 0. The number of hydrogen-bond acceptors (Lipinski definition) is 2. The lowest BCUT2D eigenvalue weighted by molar-refractivity contribution is 0.190. The van der Waals surface area contributed by atoms with E-state index in [2.05, 4.69) is 24.1 Å². The van der Waals surface area contributed by atoms with Gasteiger partial charge in [0.25, 0.3) is 0 Å². The summed E-state index contributed by atoms with van der Waals surface area (Å²) in [6, 6.07) is 1.16. The molecule has 1 heterocycles. The minimum absolute atomic E-state index is 0.163. The highest BCUT2D eigenvalue weighted by molar-refractivity contribution is 5.74. The molecule has 1 saturated carbocycles. The molecule has 1 unspecified atom stereocenters. The normalized spacial score (nSPS) is 25.1. The summed E-state index contributed by atoms with van der Waals surface area (Å²) in [5.41, 5.74) is 0. The SMILES string of the molecule is CCN(CC)C1CCN(C(=O)NC2CCCC2)C1. The number of likely N-dealkylation sites (tertiary alicyclic amines) is 1. The van der Waals surface area contributed by atoms with Crippen molar-refractivity contribution in [1.82, 2.24) is 15.1 Å². The average molecular weight is 253 g/mol. The van der Waals surface area contributed by atoms with E-state index in [0.29, 0.717) is 12.1 Å². The quantitative estimate of drug-likeness (QED) is 0.832. The number of carbonyl (C=O) groups excluding carboxylic acids is 1. The Bertz CT molecular complexity index is 272. The van der Waals surface area contributed by atoms with Crippen molar-refractivity contribution in [1.29, 1.82) is 0 Å². The van der Waals surface area contributed by atoms with Crippen LogP contribution in [0.2, 0.25) is 0 Å². The Morgan fingerprint density at radius 3 is 2.50 bits per heavy atom. The smallest absolute Gasteiger partial charge is 0.317 e. The van der Waals surface area contributed by atoms with Crippen LogP contribution in [0, 0.1) is 0 Å². The van der Waals surface area contributed by atoms with Crippen LogP contribution in [-0.2, 0) is 0 Å². The van der Waals surface area contributed by atoms with Gasteiger partial charge in [0, 0.05) is 25.2 Å². The van der Waals surface area contributed by atoms with Crippen molar-refractivity contribution in [3.8, 4) is 0 Å². The average Bonchev–Trinajstić information content (AvgIpc) is 3.01. The number of carbonyl (C=O) groups is 1. The van der Waals surface area contributed by atoms with E-state index in [0.717, 1.165) is 32.6 Å². The fourth-order valence-electron chi connectivity index (χ4n) is 3.30. The van der Waals surface area contributed by atoms with Crippen LogP contribution in [0.3, 0.4) is 0 Å². The van der Waals surface area contributed by atoms with Crippen LogP contribution in [0.15, 0.2) is 0 Å². The molecule has 4 heteroatoms. The Hall–Kier alpha value is -0.770. The zero-order valence-electron chi connectivity index (χ0n) is 11.8. The molecule has 2 aliphatic rings. The summed E-state index contributed by atoms with van der Waals surface area (Å²) in [5, 5.41) is 3.18. The molecule has 1 aliphatic carbocycles. The van der Waals surface area contributed by atoms with Crippen LogP contribution >= 0.6 is 0 Å². The van der Waals surface area contributed by atoms with E-state index >= 15 is 0 Å². The highest BCUT2D eigenvalue weighted by Gasteiger charge is 2.30. The van der Waals surface area contributed by atoms with Crippen molar-refractivity contribution in [2.75, 3.05) is 26.2 Å². The summed E-state index contributed by atoms with van der Waals surface area (Å²) in [6.07, 6.45) is 6.00. The fourth-order valence-corrected chi connectivity index (χ4v) is 3.30. The Morgan fingerprint density at radius 2 is 1.89 bits per heavy atom. The van der Waals surface area contributed by atoms with Crippen molar-refractivity contribution >= 4 is 6.03 Å². The third-order valence-corrected chi connectivity index (χ3v) is 4.46. The van der Waals surface area contributed by atoms with Gasteiger partial charge in [-0.2, -0.15) is 0 Å². The van der Waals surface area contributed by atoms with E-state index in [-0.39, 0.29) is 6.03 Å². The fraction of sp³-hybridized carbons (Fsp3) is 0.929. The Labute approximate surface area is 111 Å². The number of amides is 2. The molecule has 0 spiro atoms. The van der Waals surface area contributed by atoms with Crippen LogP contribution in [0.5, 0.6) is 0 Å². The molecule has 0 aromatic rings. The van der Waals surface area contributed by atoms with E-state index in [1.54, 1.807) is 0 Å². The molecule has 1 aliphatic heterocycles. The molecule has 0 aromatic heterocycles. The first kappa shape index (κ1) is 13.7. The van der Waals surface area contributed by atoms with E-state index in [1.165, 1.54) is 25.7 Å². The lowest BCUT2D eigenvalue weighted by Crippen LogP contribution is -2.45. The van der Waals surface area contributed by atoms with Crippen LogP contribution in [0.4, 0.5) is 4.79 Å². The minimum Gasteiger partial charge on any atom is -0.335 e. The topological polar surface area (TPSA) is 35.6 Å². The van der Waals surface area contributed by atoms with Crippen LogP contribution in [0.1, 0.15) is 46.0 Å². The third kappa shape index (κ3) is 3.16. The van der Waals surface area contributed by atoms with Gasteiger partial charge in [0.15, 0.2) is 0 Å². The van der Waals surface area contributed by atoms with Gasteiger partial charge in [0.1, 0.15) is 0 Å². The minimum atomic E-state index is 0.163. The molecule has 104 valence electrons. The number of likely N-dealkylation sites (N-methyl/N-ethyl adjacent to an activating group) is 1. The molecular weight excluding hydrogens is 226 g/mol. The zero-order chi connectivity index (χ0) is 13.0. The summed E-state index contributed by atoms with van der Waals surface area (Å²) in [7, 11) is 0. The van der Waals surface area contributed by atoms with Gasteiger partial charge in [-0.15, -0.1) is 0 Å². The van der Waals surface area contributed by atoms with Crippen LogP contribution < -0.4 is 5.32 Å². The summed E-state index contributed by atoms with van der Waals surface area (Å²) in [5.74, 6) is 0. The van der Waals surface area contributed by atoms with Gasteiger partial charge in [-0.1, -0.05) is 26.7 Å². The number of nitrogens with one attached hydrogen (secondary N) is 1. The third-order valence-electron chi connectivity index (χ3n) is 4.46. The first-order valence-corrected chi connectivity index (χ1v) is 7.54. The standard InChI is InChI=1S/C14H27N3O/c1-3-16(4-2)13-9-10-17(11-13)14(18)15-12-7-5-6-8-12/h12-13H,3-11H2,1-2H3,(H,15,18). The van der Waals surface area contributed by atoms with Crippen molar-refractivity contribution in [3.05, 3.63) is 0 Å². The zero-order valence-corrected chi connectivity index (χ0v) is 11.8. The molecule has 4 nitrogen and oxygen atoms in total. The van der Waals surface area contributed by atoms with Gasteiger partial charge in [-0.3, -0.25) is 4.90 Å². The van der Waals surface area contributed by atoms with Crippen molar-refractivity contribution < 1.29 is 4.79 Å². The molecular formula is C14H27N3O. The van der Waals surface area contributed by atoms with Gasteiger partial charge in [0.05, 0.1) is 0 Å². The van der Waals surface area contributed by atoms with Gasteiger partial charge < -0.3 is 10.2 Å². The van der Waals surface area contributed by atoms with Gasteiger partial charge in [-0.25, -0.2) is 4.79 Å². The van der Waals surface area contributed by atoms with Crippen LogP contribution in [0.25, 0.3) is 0 Å². The van der Waals surface area contributed by atoms with E-state index in [1.807, 2.05) is 4.90 Å². The molecule has 2 fully saturated rings. The Morgan fingerprint density at radius 1 is 1.22 bits per heavy atom. The van der Waals surface area contributed by atoms with Crippen molar-refractivity contribution in [3.63, 3.8) is 0 Å². The largest absolute Gasteiger partial charge is 0.335 e. The second-order valence-electron chi connectivity index (χ2n) is 5.54. The first-order chi connectivity index (χ1) is 8.74. The van der Waals surface area contributed by atoms with Gasteiger partial charge >= 0.3 is 6.03 Å². The number of nitrogens with zero attached hydrogens (tertiary/aromatic N) is 2. The molecule has 1 atom stereocenters. The van der Waals surface area contributed by atoms with Gasteiger partial charge in [-0.05, 0) is 32.4 Å². The monoisotopic (exact) mass is 253 g/mol. The maximum atomic E-state index is 12.1. The molecule has 2 rings (SSSR count). The summed E-state index contributed by atoms with van der Waals surface area (Å²) >= 11 is 0. The van der Waals surface area contributed by atoms with E-state index in [4.69, 9.17) is 0 Å². The van der Waals surface area contributed by atoms with Crippen molar-refractivity contribution in [2.45, 2.75) is 58.0 Å². The maximum absolute atomic E-state index is 12.1. The lowest BCUT2D eigenvalue weighted by Gasteiger charge is -2.26.